The van der Waals surface area contributed by atoms with E-state index >= 15 is 0 Å². The summed E-state index contributed by atoms with van der Waals surface area (Å²) < 4.78 is 0. The van der Waals surface area contributed by atoms with E-state index in [1.165, 1.54) is 0 Å². The minimum Gasteiger partial charge on any atom is -0.368 e. The van der Waals surface area contributed by atoms with E-state index in [1.807, 2.05) is 37.3 Å². The summed E-state index contributed by atoms with van der Waals surface area (Å²) in [5.74, 6) is -1.59. The Hall–Kier alpha value is -2.86. The molecule has 0 radical (unpaired) electrons. The zero-order valence-electron chi connectivity index (χ0n) is 15.7. The van der Waals surface area contributed by atoms with Gasteiger partial charge in [0.05, 0.1) is 6.54 Å². The molecule has 1 aliphatic heterocycles. The number of nitrogens with zero attached hydrogens (tertiary/aromatic N) is 2. The molecule has 1 fully saturated rings. The van der Waals surface area contributed by atoms with Crippen LogP contribution < -0.4 is 10.2 Å². The molecule has 2 amide bonds. The molecule has 1 N–H and O–H groups in total. The van der Waals surface area contributed by atoms with E-state index in [-0.39, 0.29) is 12.5 Å². The van der Waals surface area contributed by atoms with Crippen LogP contribution in [0.25, 0.3) is 0 Å². The summed E-state index contributed by atoms with van der Waals surface area (Å²) in [5.41, 5.74) is 2.28. The second-order valence-electron chi connectivity index (χ2n) is 6.73. The van der Waals surface area contributed by atoms with Crippen molar-refractivity contribution in [1.82, 2.24) is 10.2 Å². The van der Waals surface area contributed by atoms with Gasteiger partial charge in [0.1, 0.15) is 0 Å². The average molecular weight is 400 g/mol. The van der Waals surface area contributed by atoms with Crippen molar-refractivity contribution in [3.63, 3.8) is 0 Å². The van der Waals surface area contributed by atoms with Crippen LogP contribution in [0, 0.1) is 6.92 Å². The molecule has 146 valence electrons. The number of carbonyl (C=O) groups is 3. The number of benzene rings is 2. The summed E-state index contributed by atoms with van der Waals surface area (Å²) in [5, 5.41) is 3.13. The van der Waals surface area contributed by atoms with Crippen molar-refractivity contribution in [3.8, 4) is 0 Å². The fourth-order valence-corrected chi connectivity index (χ4v) is 3.26. The molecule has 2 aromatic rings. The average Bonchev–Trinajstić information content (AvgIpc) is 2.72. The van der Waals surface area contributed by atoms with Gasteiger partial charge in [-0.05, 0) is 37.3 Å². The quantitative estimate of drug-likeness (QED) is 0.618. The fourth-order valence-electron chi connectivity index (χ4n) is 3.13. The molecular weight excluding hydrogens is 378 g/mol. The lowest BCUT2D eigenvalue weighted by atomic mass is 10.1. The molecule has 2 aromatic carbocycles. The number of hydrogen-bond acceptors (Lipinski definition) is 4. The number of aryl methyl sites for hydroxylation is 1. The van der Waals surface area contributed by atoms with Crippen LogP contribution in [0.15, 0.2) is 48.5 Å². The summed E-state index contributed by atoms with van der Waals surface area (Å²) in [6.07, 6.45) is 0. The number of anilines is 1. The lowest BCUT2D eigenvalue weighted by molar-refractivity contribution is -0.132. The Morgan fingerprint density at radius 2 is 1.68 bits per heavy atom. The highest BCUT2D eigenvalue weighted by atomic mass is 35.5. The first-order valence-electron chi connectivity index (χ1n) is 9.11. The van der Waals surface area contributed by atoms with Crippen molar-refractivity contribution in [2.75, 3.05) is 37.6 Å². The Bertz CT molecular complexity index is 875. The minimum atomic E-state index is -0.765. The molecule has 0 aliphatic carbocycles. The topological polar surface area (TPSA) is 69.7 Å². The smallest absolute Gasteiger partial charge is 0.292 e. The van der Waals surface area contributed by atoms with Crippen molar-refractivity contribution >= 4 is 34.9 Å². The van der Waals surface area contributed by atoms with E-state index in [9.17, 15) is 14.4 Å². The molecule has 0 unspecified atom stereocenters. The number of Topliss-reactive ketones (excluding diaryl/α,β-unsaturated/α-hetero) is 1. The van der Waals surface area contributed by atoms with Gasteiger partial charge in [0.2, 0.25) is 11.7 Å². The van der Waals surface area contributed by atoms with Gasteiger partial charge in [-0.1, -0.05) is 35.4 Å². The first-order valence-corrected chi connectivity index (χ1v) is 9.49. The fraction of sp³-hybridized carbons (Fsp3) is 0.286. The van der Waals surface area contributed by atoms with Gasteiger partial charge in [-0.2, -0.15) is 0 Å². The van der Waals surface area contributed by atoms with Crippen molar-refractivity contribution in [2.24, 2.45) is 0 Å². The predicted molar refractivity (Wildman–Crippen MR) is 109 cm³/mol. The van der Waals surface area contributed by atoms with E-state index in [4.69, 9.17) is 11.6 Å². The lowest BCUT2D eigenvalue weighted by Gasteiger charge is -2.36. The van der Waals surface area contributed by atoms with Gasteiger partial charge in [0.15, 0.2) is 0 Å². The Labute approximate surface area is 169 Å². The van der Waals surface area contributed by atoms with Crippen molar-refractivity contribution < 1.29 is 14.4 Å². The number of carbonyl (C=O) groups excluding carboxylic acids is 3. The number of rotatable bonds is 5. The Morgan fingerprint density at radius 1 is 1.00 bits per heavy atom. The van der Waals surface area contributed by atoms with Crippen molar-refractivity contribution in [3.05, 3.63) is 64.7 Å². The van der Waals surface area contributed by atoms with Crippen LogP contribution in [0.5, 0.6) is 0 Å². The van der Waals surface area contributed by atoms with Gasteiger partial charge in [-0.15, -0.1) is 0 Å². The first-order chi connectivity index (χ1) is 13.4. The van der Waals surface area contributed by atoms with Gasteiger partial charge in [-0.25, -0.2) is 0 Å². The molecular formula is C21H22ClN3O3. The molecule has 0 atom stereocenters. The third kappa shape index (κ3) is 4.89. The van der Waals surface area contributed by atoms with Gasteiger partial charge < -0.3 is 15.1 Å². The van der Waals surface area contributed by atoms with Crippen LogP contribution in [0.4, 0.5) is 5.69 Å². The zero-order chi connectivity index (χ0) is 20.1. The van der Waals surface area contributed by atoms with Crippen LogP contribution in [-0.2, 0) is 9.59 Å². The molecule has 3 rings (SSSR count). The summed E-state index contributed by atoms with van der Waals surface area (Å²) in [6, 6.07) is 14.4. The summed E-state index contributed by atoms with van der Waals surface area (Å²) in [6.45, 7) is 4.18. The van der Waals surface area contributed by atoms with E-state index < -0.39 is 11.7 Å². The maximum Gasteiger partial charge on any atom is 0.292 e. The van der Waals surface area contributed by atoms with Gasteiger partial charge in [0.25, 0.3) is 5.91 Å². The molecule has 0 bridgehead atoms. The predicted octanol–water partition coefficient (Wildman–Crippen LogP) is 2.30. The SMILES string of the molecule is Cc1cccc(C(=O)C(=O)NCC(=O)N2CCN(c3ccc(Cl)cc3)CC2)c1. The van der Waals surface area contributed by atoms with E-state index in [0.717, 1.165) is 11.3 Å². The van der Waals surface area contributed by atoms with E-state index in [1.54, 1.807) is 23.1 Å². The molecule has 0 spiro atoms. The third-order valence-electron chi connectivity index (χ3n) is 4.71. The number of hydrogen-bond donors (Lipinski definition) is 1. The first kappa shape index (κ1) is 19.9. The highest BCUT2D eigenvalue weighted by molar-refractivity contribution is 6.43. The maximum absolute atomic E-state index is 12.4. The molecule has 1 saturated heterocycles. The van der Waals surface area contributed by atoms with Crippen LogP contribution in [0.3, 0.4) is 0 Å². The Morgan fingerprint density at radius 3 is 2.32 bits per heavy atom. The number of amides is 2. The van der Waals surface area contributed by atoms with E-state index in [0.29, 0.717) is 36.8 Å². The molecule has 7 heteroatoms. The monoisotopic (exact) mass is 399 g/mol. The summed E-state index contributed by atoms with van der Waals surface area (Å²) in [4.78, 5) is 40.5. The number of ketones is 1. The van der Waals surface area contributed by atoms with Crippen molar-refractivity contribution in [1.29, 1.82) is 0 Å². The maximum atomic E-state index is 12.4. The molecule has 6 nitrogen and oxygen atoms in total. The second-order valence-corrected chi connectivity index (χ2v) is 7.16. The summed E-state index contributed by atoms with van der Waals surface area (Å²) in [7, 11) is 0. The number of nitrogens with one attached hydrogen (secondary N) is 1. The van der Waals surface area contributed by atoms with Crippen LogP contribution in [0.1, 0.15) is 15.9 Å². The lowest BCUT2D eigenvalue weighted by Crippen LogP contribution is -2.51. The number of halogens is 1. The molecule has 1 heterocycles. The van der Waals surface area contributed by atoms with Crippen LogP contribution in [0.2, 0.25) is 5.02 Å². The van der Waals surface area contributed by atoms with Gasteiger partial charge in [0, 0.05) is 42.5 Å². The van der Waals surface area contributed by atoms with Gasteiger partial charge >= 0.3 is 0 Å². The zero-order valence-corrected chi connectivity index (χ0v) is 16.4. The third-order valence-corrected chi connectivity index (χ3v) is 4.96. The van der Waals surface area contributed by atoms with E-state index in [2.05, 4.69) is 10.2 Å². The van der Waals surface area contributed by atoms with Gasteiger partial charge in [-0.3, -0.25) is 14.4 Å². The standard InChI is InChI=1S/C21H22ClN3O3/c1-15-3-2-4-16(13-15)20(27)21(28)23-14-19(26)25-11-9-24(10-12-25)18-7-5-17(22)6-8-18/h2-8,13H,9-12,14H2,1H3,(H,23,28). The normalized spacial score (nSPS) is 13.9. The molecule has 28 heavy (non-hydrogen) atoms. The molecule has 0 saturated carbocycles. The van der Waals surface area contributed by atoms with Crippen molar-refractivity contribution in [2.45, 2.75) is 6.92 Å². The Balaban J connectivity index is 1.47. The largest absolute Gasteiger partial charge is 0.368 e. The van der Waals surface area contributed by atoms with Crippen LogP contribution >= 0.6 is 11.6 Å². The highest BCUT2D eigenvalue weighted by Crippen LogP contribution is 2.19. The minimum absolute atomic E-state index is 0.183. The second kappa shape index (κ2) is 8.89. The molecule has 1 aliphatic rings. The Kier molecular flexibility index (Phi) is 6.31. The molecule has 0 aromatic heterocycles. The van der Waals surface area contributed by atoms with Crippen LogP contribution in [-0.4, -0.2) is 55.2 Å². The number of piperazine rings is 1. The highest BCUT2D eigenvalue weighted by Gasteiger charge is 2.23. The summed E-state index contributed by atoms with van der Waals surface area (Å²) >= 11 is 5.91.